The molecule has 2 atom stereocenters. The van der Waals surface area contributed by atoms with Crippen molar-refractivity contribution in [2.75, 3.05) is 7.11 Å². The summed E-state index contributed by atoms with van der Waals surface area (Å²) in [5.41, 5.74) is 0.836. The first-order chi connectivity index (χ1) is 10.1. The second-order valence-electron chi connectivity index (χ2n) is 5.29. The molecule has 0 amide bonds. The Balaban J connectivity index is 1.93. The third kappa shape index (κ3) is 4.33. The van der Waals surface area contributed by atoms with Gasteiger partial charge in [-0.2, -0.15) is 0 Å². The summed E-state index contributed by atoms with van der Waals surface area (Å²) < 4.78 is 24.0. The van der Waals surface area contributed by atoms with Crippen LogP contribution in [0, 0.1) is 5.82 Å². The second kappa shape index (κ2) is 7.27. The van der Waals surface area contributed by atoms with Crippen LogP contribution in [0.25, 0.3) is 0 Å². The van der Waals surface area contributed by atoms with Crippen molar-refractivity contribution < 1.29 is 13.5 Å². The lowest BCUT2D eigenvalue weighted by molar-refractivity contribution is 0.387. The molecule has 0 bridgehead atoms. The van der Waals surface area contributed by atoms with Crippen LogP contribution in [-0.2, 0) is 6.42 Å². The van der Waals surface area contributed by atoms with E-state index in [1.165, 1.54) is 12.1 Å². The SMILES string of the molecule is COc1ccc(F)cc1C(C)NC(C)CCc1ccco1. The van der Waals surface area contributed by atoms with Gasteiger partial charge in [-0.25, -0.2) is 4.39 Å². The van der Waals surface area contributed by atoms with Gasteiger partial charge in [0.15, 0.2) is 0 Å². The monoisotopic (exact) mass is 291 g/mol. The number of halogens is 1. The molecule has 0 aliphatic heterocycles. The first-order valence-electron chi connectivity index (χ1n) is 7.22. The van der Waals surface area contributed by atoms with E-state index in [1.807, 2.05) is 19.1 Å². The van der Waals surface area contributed by atoms with Gasteiger partial charge in [-0.3, -0.25) is 0 Å². The lowest BCUT2D eigenvalue weighted by Crippen LogP contribution is -2.29. The molecule has 0 spiro atoms. The summed E-state index contributed by atoms with van der Waals surface area (Å²) in [6, 6.07) is 8.78. The fraction of sp³-hybridized carbons (Fsp3) is 0.412. The van der Waals surface area contributed by atoms with Gasteiger partial charge in [0, 0.05) is 24.1 Å². The zero-order valence-corrected chi connectivity index (χ0v) is 12.7. The van der Waals surface area contributed by atoms with Crippen molar-refractivity contribution in [2.24, 2.45) is 0 Å². The minimum absolute atomic E-state index is 0.0160. The van der Waals surface area contributed by atoms with E-state index in [9.17, 15) is 4.39 Å². The van der Waals surface area contributed by atoms with E-state index in [1.54, 1.807) is 19.4 Å². The van der Waals surface area contributed by atoms with Crippen LogP contribution in [0.5, 0.6) is 5.75 Å². The highest BCUT2D eigenvalue weighted by Crippen LogP contribution is 2.26. The van der Waals surface area contributed by atoms with Gasteiger partial charge in [0.1, 0.15) is 17.3 Å². The maximum Gasteiger partial charge on any atom is 0.123 e. The lowest BCUT2D eigenvalue weighted by atomic mass is 10.0. The number of nitrogens with one attached hydrogen (secondary N) is 1. The van der Waals surface area contributed by atoms with Gasteiger partial charge in [0.05, 0.1) is 13.4 Å². The van der Waals surface area contributed by atoms with Gasteiger partial charge in [-0.1, -0.05) is 0 Å². The standard InChI is InChI=1S/C17H22FNO2/c1-12(6-8-15-5-4-10-21-15)19-13(2)16-11-14(18)7-9-17(16)20-3/h4-5,7,9-13,19H,6,8H2,1-3H3. The number of rotatable bonds is 7. The highest BCUT2D eigenvalue weighted by Gasteiger charge is 2.15. The summed E-state index contributed by atoms with van der Waals surface area (Å²) in [7, 11) is 1.60. The Morgan fingerprint density at radius 1 is 1.29 bits per heavy atom. The molecule has 0 saturated carbocycles. The third-order valence-corrected chi connectivity index (χ3v) is 3.60. The first kappa shape index (κ1) is 15.6. The summed E-state index contributed by atoms with van der Waals surface area (Å²) in [5.74, 6) is 1.44. The molecule has 0 aliphatic rings. The number of hydrogen-bond acceptors (Lipinski definition) is 3. The van der Waals surface area contributed by atoms with Crippen molar-refractivity contribution in [1.29, 1.82) is 0 Å². The Morgan fingerprint density at radius 3 is 2.76 bits per heavy atom. The van der Waals surface area contributed by atoms with E-state index in [0.717, 1.165) is 24.2 Å². The molecule has 4 heteroatoms. The molecule has 0 aliphatic carbocycles. The molecule has 2 aromatic rings. The molecule has 1 heterocycles. The maximum absolute atomic E-state index is 13.4. The fourth-order valence-corrected chi connectivity index (χ4v) is 2.46. The lowest BCUT2D eigenvalue weighted by Gasteiger charge is -2.22. The Morgan fingerprint density at radius 2 is 2.10 bits per heavy atom. The third-order valence-electron chi connectivity index (χ3n) is 3.60. The zero-order valence-electron chi connectivity index (χ0n) is 12.7. The van der Waals surface area contributed by atoms with Crippen LogP contribution in [-0.4, -0.2) is 13.2 Å². The molecule has 2 rings (SSSR count). The quantitative estimate of drug-likeness (QED) is 0.834. The normalized spacial score (nSPS) is 13.9. The number of ether oxygens (including phenoxy) is 1. The van der Waals surface area contributed by atoms with Gasteiger partial charge in [-0.05, 0) is 50.6 Å². The largest absolute Gasteiger partial charge is 0.496 e. The molecular weight excluding hydrogens is 269 g/mol. The zero-order chi connectivity index (χ0) is 15.2. The summed E-state index contributed by atoms with van der Waals surface area (Å²) in [4.78, 5) is 0. The molecule has 21 heavy (non-hydrogen) atoms. The van der Waals surface area contributed by atoms with Crippen molar-refractivity contribution in [3.05, 3.63) is 53.7 Å². The van der Waals surface area contributed by atoms with E-state index < -0.39 is 0 Å². The van der Waals surface area contributed by atoms with E-state index in [2.05, 4.69) is 12.2 Å². The summed E-state index contributed by atoms with van der Waals surface area (Å²) >= 11 is 0. The van der Waals surface area contributed by atoms with Gasteiger partial charge in [0.2, 0.25) is 0 Å². The van der Waals surface area contributed by atoms with Crippen LogP contribution < -0.4 is 10.1 Å². The Hall–Kier alpha value is -1.81. The second-order valence-corrected chi connectivity index (χ2v) is 5.29. The topological polar surface area (TPSA) is 34.4 Å². The Bertz CT molecular complexity index is 554. The van der Waals surface area contributed by atoms with Gasteiger partial charge >= 0.3 is 0 Å². The molecule has 2 unspecified atom stereocenters. The molecule has 0 saturated heterocycles. The first-order valence-corrected chi connectivity index (χ1v) is 7.22. The highest BCUT2D eigenvalue weighted by atomic mass is 19.1. The van der Waals surface area contributed by atoms with Crippen molar-refractivity contribution >= 4 is 0 Å². The van der Waals surface area contributed by atoms with Crippen molar-refractivity contribution in [1.82, 2.24) is 5.32 Å². The number of benzene rings is 1. The fourth-order valence-electron chi connectivity index (χ4n) is 2.46. The minimum Gasteiger partial charge on any atom is -0.496 e. The predicted molar refractivity (Wildman–Crippen MR) is 81.0 cm³/mol. The summed E-state index contributed by atoms with van der Waals surface area (Å²) in [5, 5.41) is 3.47. The highest BCUT2D eigenvalue weighted by molar-refractivity contribution is 5.36. The number of aryl methyl sites for hydroxylation is 1. The summed E-state index contributed by atoms with van der Waals surface area (Å²) in [6.45, 7) is 4.13. The van der Waals surface area contributed by atoms with Gasteiger partial charge < -0.3 is 14.5 Å². The minimum atomic E-state index is -0.248. The molecule has 3 nitrogen and oxygen atoms in total. The van der Waals surface area contributed by atoms with Crippen LogP contribution in [0.2, 0.25) is 0 Å². The van der Waals surface area contributed by atoms with Crippen molar-refractivity contribution in [2.45, 2.75) is 38.8 Å². The van der Waals surface area contributed by atoms with E-state index in [0.29, 0.717) is 5.75 Å². The smallest absolute Gasteiger partial charge is 0.123 e. The maximum atomic E-state index is 13.4. The Labute approximate surface area is 125 Å². The van der Waals surface area contributed by atoms with Crippen LogP contribution >= 0.6 is 0 Å². The van der Waals surface area contributed by atoms with Crippen LogP contribution in [0.4, 0.5) is 4.39 Å². The van der Waals surface area contributed by atoms with Crippen LogP contribution in [0.15, 0.2) is 41.0 Å². The van der Waals surface area contributed by atoms with E-state index in [4.69, 9.17) is 9.15 Å². The summed E-state index contributed by atoms with van der Waals surface area (Å²) in [6.07, 6.45) is 3.53. The molecule has 0 radical (unpaired) electrons. The molecular formula is C17H22FNO2. The van der Waals surface area contributed by atoms with Gasteiger partial charge in [-0.15, -0.1) is 0 Å². The molecule has 0 fully saturated rings. The molecule has 1 N–H and O–H groups in total. The van der Waals surface area contributed by atoms with Gasteiger partial charge in [0.25, 0.3) is 0 Å². The average Bonchev–Trinajstić information content (AvgIpc) is 2.98. The average molecular weight is 291 g/mol. The number of hydrogen-bond donors (Lipinski definition) is 1. The van der Waals surface area contributed by atoms with Crippen molar-refractivity contribution in [3.8, 4) is 5.75 Å². The van der Waals surface area contributed by atoms with E-state index in [-0.39, 0.29) is 17.9 Å². The predicted octanol–water partition coefficient (Wildman–Crippen LogP) is 4.10. The molecule has 1 aromatic heterocycles. The van der Waals surface area contributed by atoms with Crippen molar-refractivity contribution in [3.63, 3.8) is 0 Å². The number of methoxy groups -OCH3 is 1. The van der Waals surface area contributed by atoms with Crippen LogP contribution in [0.1, 0.15) is 37.6 Å². The molecule has 1 aromatic carbocycles. The number of furan rings is 1. The molecule has 114 valence electrons. The Kier molecular flexibility index (Phi) is 5.39. The van der Waals surface area contributed by atoms with E-state index >= 15 is 0 Å². The van der Waals surface area contributed by atoms with Crippen LogP contribution in [0.3, 0.4) is 0 Å².